The van der Waals surface area contributed by atoms with Gasteiger partial charge >= 0.3 is 5.97 Å². The Morgan fingerprint density at radius 3 is 3.06 bits per heavy atom. The van der Waals surface area contributed by atoms with E-state index >= 15 is 0 Å². The smallest absolute Gasteiger partial charge is 0.330 e. The van der Waals surface area contributed by atoms with Crippen molar-refractivity contribution >= 4 is 21.9 Å². The van der Waals surface area contributed by atoms with Crippen molar-refractivity contribution in [1.82, 2.24) is 5.32 Å². The number of hydrogen-bond acceptors (Lipinski definition) is 3. The third-order valence-electron chi connectivity index (χ3n) is 2.16. The third-order valence-corrected chi connectivity index (χ3v) is 2.65. The SMILES string of the molecule is COC(=O)/C=C/CCNCc1cccc(Br)c1. The van der Waals surface area contributed by atoms with E-state index in [2.05, 4.69) is 38.1 Å². The monoisotopic (exact) mass is 297 g/mol. The summed E-state index contributed by atoms with van der Waals surface area (Å²) in [5.41, 5.74) is 1.23. The molecule has 0 saturated carbocycles. The van der Waals surface area contributed by atoms with Crippen molar-refractivity contribution < 1.29 is 9.53 Å². The van der Waals surface area contributed by atoms with Crippen LogP contribution in [-0.4, -0.2) is 19.6 Å². The van der Waals surface area contributed by atoms with Crippen molar-refractivity contribution in [3.63, 3.8) is 0 Å². The average molecular weight is 298 g/mol. The van der Waals surface area contributed by atoms with E-state index in [1.807, 2.05) is 12.1 Å². The molecule has 3 nitrogen and oxygen atoms in total. The van der Waals surface area contributed by atoms with E-state index in [1.165, 1.54) is 18.7 Å². The number of rotatable bonds is 6. The van der Waals surface area contributed by atoms with Crippen LogP contribution < -0.4 is 5.32 Å². The van der Waals surface area contributed by atoms with Crippen LogP contribution in [0.3, 0.4) is 0 Å². The fraction of sp³-hybridized carbons (Fsp3) is 0.308. The summed E-state index contributed by atoms with van der Waals surface area (Å²) in [6, 6.07) is 8.17. The zero-order valence-corrected chi connectivity index (χ0v) is 11.4. The van der Waals surface area contributed by atoms with Crippen LogP contribution in [0.4, 0.5) is 0 Å². The van der Waals surface area contributed by atoms with Crippen molar-refractivity contribution in [2.24, 2.45) is 0 Å². The Bertz CT molecular complexity index is 391. The van der Waals surface area contributed by atoms with Gasteiger partial charge in [-0.2, -0.15) is 0 Å². The first kappa shape index (κ1) is 13.9. The van der Waals surface area contributed by atoms with Crippen LogP contribution in [0, 0.1) is 0 Å². The van der Waals surface area contributed by atoms with Crippen LogP contribution in [0.25, 0.3) is 0 Å². The molecule has 0 bridgehead atoms. The van der Waals surface area contributed by atoms with Gasteiger partial charge in [0, 0.05) is 17.1 Å². The van der Waals surface area contributed by atoms with Crippen LogP contribution in [0.2, 0.25) is 0 Å². The van der Waals surface area contributed by atoms with Gasteiger partial charge in [0.15, 0.2) is 0 Å². The molecule has 0 fully saturated rings. The normalized spacial score (nSPS) is 10.7. The maximum atomic E-state index is 10.8. The van der Waals surface area contributed by atoms with Crippen molar-refractivity contribution in [2.45, 2.75) is 13.0 Å². The van der Waals surface area contributed by atoms with Gasteiger partial charge in [-0.25, -0.2) is 4.79 Å². The minimum absolute atomic E-state index is 0.308. The molecule has 0 unspecified atom stereocenters. The molecule has 0 saturated heterocycles. The second-order valence-corrected chi connectivity index (χ2v) is 4.44. The molecule has 0 heterocycles. The lowest BCUT2D eigenvalue weighted by molar-refractivity contribution is -0.134. The highest BCUT2D eigenvalue weighted by molar-refractivity contribution is 9.10. The zero-order chi connectivity index (χ0) is 12.5. The van der Waals surface area contributed by atoms with Crippen molar-refractivity contribution in [3.8, 4) is 0 Å². The number of benzene rings is 1. The fourth-order valence-corrected chi connectivity index (χ4v) is 1.76. The highest BCUT2D eigenvalue weighted by Crippen LogP contribution is 2.11. The van der Waals surface area contributed by atoms with Crippen LogP contribution in [0.1, 0.15) is 12.0 Å². The number of halogens is 1. The number of nitrogens with one attached hydrogen (secondary N) is 1. The lowest BCUT2D eigenvalue weighted by atomic mass is 10.2. The van der Waals surface area contributed by atoms with E-state index in [9.17, 15) is 4.79 Å². The summed E-state index contributed by atoms with van der Waals surface area (Å²) >= 11 is 3.43. The number of methoxy groups -OCH3 is 1. The minimum atomic E-state index is -0.308. The highest BCUT2D eigenvalue weighted by atomic mass is 79.9. The Kier molecular flexibility index (Phi) is 6.58. The standard InChI is InChI=1S/C13H16BrNO2/c1-17-13(16)7-2-3-8-15-10-11-5-4-6-12(14)9-11/h2,4-7,9,15H,3,8,10H2,1H3/b7-2+. The van der Waals surface area contributed by atoms with Gasteiger partial charge in [0.05, 0.1) is 7.11 Å². The van der Waals surface area contributed by atoms with Gasteiger partial charge in [-0.05, 0) is 30.7 Å². The Morgan fingerprint density at radius 2 is 2.35 bits per heavy atom. The Morgan fingerprint density at radius 1 is 1.53 bits per heavy atom. The highest BCUT2D eigenvalue weighted by Gasteiger charge is 1.93. The molecule has 0 aromatic heterocycles. The summed E-state index contributed by atoms with van der Waals surface area (Å²) in [4.78, 5) is 10.8. The molecular formula is C13H16BrNO2. The van der Waals surface area contributed by atoms with Crippen LogP contribution in [0.5, 0.6) is 0 Å². The van der Waals surface area contributed by atoms with E-state index in [1.54, 1.807) is 6.08 Å². The first-order valence-corrected chi connectivity index (χ1v) is 6.21. The number of esters is 1. The summed E-state index contributed by atoms with van der Waals surface area (Å²) in [6.45, 7) is 1.66. The molecule has 1 N–H and O–H groups in total. The number of carbonyl (C=O) groups is 1. The molecule has 1 rings (SSSR count). The van der Waals surface area contributed by atoms with Crippen molar-refractivity contribution in [2.75, 3.05) is 13.7 Å². The molecule has 1 aromatic rings. The van der Waals surface area contributed by atoms with Gasteiger partial charge in [0.1, 0.15) is 0 Å². The summed E-state index contributed by atoms with van der Waals surface area (Å²) in [5.74, 6) is -0.308. The predicted octanol–water partition coefficient (Wildman–Crippen LogP) is 2.66. The van der Waals surface area contributed by atoms with E-state index in [-0.39, 0.29) is 5.97 Å². The van der Waals surface area contributed by atoms with Crippen molar-refractivity contribution in [1.29, 1.82) is 0 Å². The maximum absolute atomic E-state index is 10.8. The molecule has 0 aliphatic heterocycles. The summed E-state index contributed by atoms with van der Waals surface area (Å²) < 4.78 is 5.57. The first-order chi connectivity index (χ1) is 8.22. The zero-order valence-electron chi connectivity index (χ0n) is 9.78. The van der Waals surface area contributed by atoms with Crippen LogP contribution in [0.15, 0.2) is 40.9 Å². The molecule has 0 aliphatic carbocycles. The molecule has 0 spiro atoms. The number of ether oxygens (including phenoxy) is 1. The predicted molar refractivity (Wildman–Crippen MR) is 71.6 cm³/mol. The third kappa shape index (κ3) is 6.24. The Labute approximate surface area is 110 Å². The second kappa shape index (κ2) is 8.03. The van der Waals surface area contributed by atoms with E-state index in [0.717, 1.165) is 24.0 Å². The van der Waals surface area contributed by atoms with Crippen LogP contribution >= 0.6 is 15.9 Å². The summed E-state index contributed by atoms with van der Waals surface area (Å²) in [6.07, 6.45) is 4.06. The van der Waals surface area contributed by atoms with Crippen LogP contribution in [-0.2, 0) is 16.1 Å². The molecule has 1 aromatic carbocycles. The van der Waals surface area contributed by atoms with E-state index in [0.29, 0.717) is 0 Å². The quantitative estimate of drug-likeness (QED) is 0.498. The molecular weight excluding hydrogens is 282 g/mol. The second-order valence-electron chi connectivity index (χ2n) is 3.52. The average Bonchev–Trinajstić information content (AvgIpc) is 2.33. The van der Waals surface area contributed by atoms with Gasteiger partial charge in [0.2, 0.25) is 0 Å². The maximum Gasteiger partial charge on any atom is 0.330 e. The molecule has 0 radical (unpaired) electrons. The fourth-order valence-electron chi connectivity index (χ4n) is 1.31. The first-order valence-electron chi connectivity index (χ1n) is 5.42. The Hall–Kier alpha value is -1.13. The summed E-state index contributed by atoms with van der Waals surface area (Å²) in [7, 11) is 1.37. The van der Waals surface area contributed by atoms with E-state index in [4.69, 9.17) is 0 Å². The Balaban J connectivity index is 2.16. The lowest BCUT2D eigenvalue weighted by Gasteiger charge is -2.03. The van der Waals surface area contributed by atoms with Gasteiger partial charge in [-0.3, -0.25) is 0 Å². The van der Waals surface area contributed by atoms with Gasteiger partial charge in [-0.15, -0.1) is 0 Å². The van der Waals surface area contributed by atoms with Gasteiger partial charge in [0.25, 0.3) is 0 Å². The summed E-state index contributed by atoms with van der Waals surface area (Å²) in [5, 5.41) is 3.30. The number of hydrogen-bond donors (Lipinski definition) is 1. The molecule has 17 heavy (non-hydrogen) atoms. The molecule has 0 aliphatic rings. The topological polar surface area (TPSA) is 38.3 Å². The number of carbonyl (C=O) groups excluding carboxylic acids is 1. The molecule has 0 atom stereocenters. The molecule has 92 valence electrons. The largest absolute Gasteiger partial charge is 0.466 e. The van der Waals surface area contributed by atoms with Gasteiger partial charge in [-0.1, -0.05) is 34.1 Å². The van der Waals surface area contributed by atoms with E-state index < -0.39 is 0 Å². The molecule has 4 heteroatoms. The van der Waals surface area contributed by atoms with Gasteiger partial charge < -0.3 is 10.1 Å². The molecule has 0 amide bonds. The minimum Gasteiger partial charge on any atom is -0.466 e. The lowest BCUT2D eigenvalue weighted by Crippen LogP contribution is -2.14. The van der Waals surface area contributed by atoms with Crippen molar-refractivity contribution in [3.05, 3.63) is 46.5 Å².